The first-order valence-corrected chi connectivity index (χ1v) is 10.2. The molecular formula is C23H35ClN2O3. The number of nitrogens with two attached hydrogens (primary N) is 1. The molecule has 0 spiro atoms. The molecule has 29 heavy (non-hydrogen) atoms. The number of carbonyl (C=O) groups is 1. The van der Waals surface area contributed by atoms with Gasteiger partial charge < -0.3 is 15.9 Å². The molecule has 4 N–H and O–H groups in total. The number of primary amides is 1. The Bertz CT molecular complexity index is 778. The maximum atomic E-state index is 12.0. The number of hydrogen-bond donors (Lipinski definition) is 3. The number of halogens is 1. The lowest BCUT2D eigenvalue weighted by Gasteiger charge is -2.32. The average molecular weight is 423 g/mol. The molecule has 0 radical (unpaired) electrons. The largest absolute Gasteiger partial charge is 0.389 e. The van der Waals surface area contributed by atoms with Gasteiger partial charge in [0.05, 0.1) is 12.2 Å². The van der Waals surface area contributed by atoms with Crippen LogP contribution >= 0.6 is 12.4 Å². The summed E-state index contributed by atoms with van der Waals surface area (Å²) in [6.07, 6.45) is 3.93. The van der Waals surface area contributed by atoms with Crippen molar-refractivity contribution in [2.24, 2.45) is 11.1 Å². The van der Waals surface area contributed by atoms with Gasteiger partial charge in [-0.05, 0) is 47.4 Å². The molecule has 2 unspecified atom stereocenters. The van der Waals surface area contributed by atoms with Gasteiger partial charge in [0.25, 0.3) is 0 Å². The third kappa shape index (κ3) is 5.40. The molecule has 1 saturated heterocycles. The summed E-state index contributed by atoms with van der Waals surface area (Å²) in [6, 6.07) is 5.95. The van der Waals surface area contributed by atoms with Crippen LogP contribution in [0.5, 0.6) is 0 Å². The smallest absolute Gasteiger partial charge is 0.249 e. The van der Waals surface area contributed by atoms with E-state index in [0.717, 1.165) is 36.9 Å². The predicted octanol–water partition coefficient (Wildman–Crippen LogP) is 3.12. The monoisotopic (exact) mass is 422 g/mol. The van der Waals surface area contributed by atoms with E-state index >= 15 is 0 Å². The van der Waals surface area contributed by atoms with Gasteiger partial charge in [-0.25, -0.2) is 0 Å². The van der Waals surface area contributed by atoms with Gasteiger partial charge in [0.15, 0.2) is 0 Å². The summed E-state index contributed by atoms with van der Waals surface area (Å²) >= 11 is 0. The summed E-state index contributed by atoms with van der Waals surface area (Å²) in [6.45, 7) is 10.6. The average Bonchev–Trinajstić information content (AvgIpc) is 2.91. The van der Waals surface area contributed by atoms with Crippen molar-refractivity contribution in [2.45, 2.75) is 64.6 Å². The van der Waals surface area contributed by atoms with Crippen LogP contribution in [0.4, 0.5) is 0 Å². The predicted molar refractivity (Wildman–Crippen MR) is 119 cm³/mol. The fourth-order valence-corrected chi connectivity index (χ4v) is 4.39. The van der Waals surface area contributed by atoms with Crippen LogP contribution in [0.15, 0.2) is 24.3 Å². The number of carbonyl (C=O) groups excluding carboxylic acids is 1. The summed E-state index contributed by atoms with van der Waals surface area (Å²) < 4.78 is 0. The minimum absolute atomic E-state index is 0. The van der Waals surface area contributed by atoms with E-state index in [1.807, 2.05) is 12.1 Å². The Labute approximate surface area is 180 Å². The van der Waals surface area contributed by atoms with Gasteiger partial charge in [-0.3, -0.25) is 9.69 Å². The van der Waals surface area contributed by atoms with Crippen LogP contribution in [0.1, 0.15) is 68.4 Å². The first-order valence-electron chi connectivity index (χ1n) is 10.2. The molecule has 1 aliphatic heterocycles. The van der Waals surface area contributed by atoms with Crippen LogP contribution in [0.25, 0.3) is 5.57 Å². The Kier molecular flexibility index (Phi) is 7.21. The summed E-state index contributed by atoms with van der Waals surface area (Å²) in [7, 11) is 0. The minimum Gasteiger partial charge on any atom is -0.389 e. The molecule has 0 bridgehead atoms. The van der Waals surface area contributed by atoms with Gasteiger partial charge in [0, 0.05) is 30.6 Å². The molecule has 1 fully saturated rings. The zero-order chi connectivity index (χ0) is 20.7. The van der Waals surface area contributed by atoms with E-state index < -0.39 is 18.1 Å². The molecule has 6 heteroatoms. The van der Waals surface area contributed by atoms with E-state index in [9.17, 15) is 15.0 Å². The number of aliphatic hydroxyl groups is 2. The van der Waals surface area contributed by atoms with Crippen LogP contribution in [0.2, 0.25) is 0 Å². The third-order valence-electron chi connectivity index (χ3n) is 6.34. The molecule has 2 atom stereocenters. The number of amides is 1. The molecule has 1 heterocycles. The second-order valence-electron chi connectivity index (χ2n) is 9.93. The molecule has 2 aliphatic rings. The SMILES string of the molecule is CC1(C)CC=C(c2cc(C(C)(C)CN3CC(O)C(O)C3)ccc2C(N)=O)CC1.Cl. The van der Waals surface area contributed by atoms with Gasteiger partial charge in [-0.2, -0.15) is 0 Å². The summed E-state index contributed by atoms with van der Waals surface area (Å²) in [5.74, 6) is -0.393. The Morgan fingerprint density at radius 1 is 1.24 bits per heavy atom. The number of nitrogens with zero attached hydrogens (tertiary/aromatic N) is 1. The lowest BCUT2D eigenvalue weighted by molar-refractivity contribution is 0.0572. The van der Waals surface area contributed by atoms with Crippen LogP contribution < -0.4 is 5.73 Å². The highest BCUT2D eigenvalue weighted by molar-refractivity contribution is 5.98. The number of aliphatic hydroxyl groups excluding tert-OH is 2. The second-order valence-corrected chi connectivity index (χ2v) is 9.93. The van der Waals surface area contributed by atoms with Gasteiger partial charge in [0.2, 0.25) is 5.91 Å². The maximum absolute atomic E-state index is 12.0. The van der Waals surface area contributed by atoms with Crippen molar-refractivity contribution in [1.29, 1.82) is 0 Å². The lowest BCUT2D eigenvalue weighted by atomic mass is 9.75. The van der Waals surface area contributed by atoms with E-state index in [4.69, 9.17) is 5.73 Å². The topological polar surface area (TPSA) is 86.8 Å². The van der Waals surface area contributed by atoms with Crippen molar-refractivity contribution >= 4 is 23.9 Å². The van der Waals surface area contributed by atoms with Crippen molar-refractivity contribution in [1.82, 2.24) is 4.90 Å². The third-order valence-corrected chi connectivity index (χ3v) is 6.34. The summed E-state index contributed by atoms with van der Waals surface area (Å²) in [5, 5.41) is 19.7. The number of hydrogen-bond acceptors (Lipinski definition) is 4. The summed E-state index contributed by atoms with van der Waals surface area (Å²) in [5.41, 5.74) is 9.65. The van der Waals surface area contributed by atoms with Crippen molar-refractivity contribution < 1.29 is 15.0 Å². The molecule has 162 valence electrons. The molecule has 0 aromatic heterocycles. The lowest BCUT2D eigenvalue weighted by Crippen LogP contribution is -2.36. The van der Waals surface area contributed by atoms with Crippen molar-refractivity contribution in [3.05, 3.63) is 41.0 Å². The Morgan fingerprint density at radius 3 is 2.38 bits per heavy atom. The first-order chi connectivity index (χ1) is 13.0. The summed E-state index contributed by atoms with van der Waals surface area (Å²) in [4.78, 5) is 14.1. The highest BCUT2D eigenvalue weighted by Crippen LogP contribution is 2.40. The van der Waals surface area contributed by atoms with Crippen LogP contribution in [0.3, 0.4) is 0 Å². The normalized spacial score (nSPS) is 24.7. The van der Waals surface area contributed by atoms with Crippen molar-refractivity contribution in [3.8, 4) is 0 Å². The van der Waals surface area contributed by atoms with Gasteiger partial charge in [-0.1, -0.05) is 45.9 Å². The Hall–Kier alpha value is -1.40. The highest BCUT2D eigenvalue weighted by Gasteiger charge is 2.34. The number of benzene rings is 1. The maximum Gasteiger partial charge on any atom is 0.249 e. The van der Waals surface area contributed by atoms with E-state index in [-0.39, 0.29) is 17.8 Å². The Morgan fingerprint density at radius 2 is 1.86 bits per heavy atom. The number of allylic oxidation sites excluding steroid dienone is 2. The van der Waals surface area contributed by atoms with E-state index in [1.54, 1.807) is 0 Å². The molecular weight excluding hydrogens is 388 g/mol. The van der Waals surface area contributed by atoms with Crippen molar-refractivity contribution in [3.63, 3.8) is 0 Å². The van der Waals surface area contributed by atoms with E-state index in [2.05, 4.69) is 44.7 Å². The fourth-order valence-electron chi connectivity index (χ4n) is 4.39. The standard InChI is InChI=1S/C23H34N2O3.ClH/c1-22(2)9-7-15(8-10-22)18-11-16(5-6-17(18)21(24)28)23(3,4)14-25-12-19(26)20(27)13-25;/h5-7,11,19-20,26-27H,8-10,12-14H2,1-4H3,(H2,24,28);1H. The van der Waals surface area contributed by atoms with Crippen LogP contribution in [-0.4, -0.2) is 52.9 Å². The zero-order valence-electron chi connectivity index (χ0n) is 17.9. The molecule has 3 rings (SSSR count). The number of likely N-dealkylation sites (tertiary alicyclic amines) is 1. The highest BCUT2D eigenvalue weighted by atomic mass is 35.5. The van der Waals surface area contributed by atoms with Gasteiger partial charge in [0.1, 0.15) is 0 Å². The molecule has 0 saturated carbocycles. The number of β-amino-alcohol motifs (C(OH)–C–C–N with tert-alkyl or cyclic N) is 2. The second kappa shape index (κ2) is 8.76. The number of rotatable bonds is 5. The van der Waals surface area contributed by atoms with Crippen LogP contribution in [-0.2, 0) is 5.41 Å². The molecule has 1 amide bonds. The van der Waals surface area contributed by atoms with Crippen LogP contribution in [0, 0.1) is 5.41 Å². The fraction of sp³-hybridized carbons (Fsp3) is 0.609. The first kappa shape index (κ1) is 23.9. The molecule has 1 aliphatic carbocycles. The van der Waals surface area contributed by atoms with Gasteiger partial charge >= 0.3 is 0 Å². The molecule has 1 aromatic rings. The minimum atomic E-state index is -0.681. The molecule has 5 nitrogen and oxygen atoms in total. The van der Waals surface area contributed by atoms with E-state index in [1.165, 1.54) is 5.57 Å². The molecule has 1 aromatic carbocycles. The van der Waals surface area contributed by atoms with Crippen molar-refractivity contribution in [2.75, 3.05) is 19.6 Å². The van der Waals surface area contributed by atoms with E-state index in [0.29, 0.717) is 24.1 Å². The van der Waals surface area contributed by atoms with Gasteiger partial charge in [-0.15, -0.1) is 12.4 Å². The zero-order valence-corrected chi connectivity index (χ0v) is 18.8. The quantitative estimate of drug-likeness (QED) is 0.680. The Balaban J connectivity index is 0.00000300.